The number of carbonyl (C=O) groups excluding carboxylic acids is 1. The molecule has 0 aromatic carbocycles. The van der Waals surface area contributed by atoms with Crippen molar-refractivity contribution in [3.05, 3.63) is 17.0 Å². The summed E-state index contributed by atoms with van der Waals surface area (Å²) in [5, 5.41) is 9.80. The molecule has 2 atom stereocenters. The number of nitrogens with one attached hydrogen (secondary N) is 2. The number of hydrogen-bond acceptors (Lipinski definition) is 5. The van der Waals surface area contributed by atoms with Crippen molar-refractivity contribution in [3.63, 3.8) is 0 Å². The predicted molar refractivity (Wildman–Crippen MR) is 92.1 cm³/mol. The number of aromatic nitrogens is 1. The van der Waals surface area contributed by atoms with Gasteiger partial charge in [0.1, 0.15) is 5.76 Å². The summed E-state index contributed by atoms with van der Waals surface area (Å²) in [6, 6.07) is 0.590. The summed E-state index contributed by atoms with van der Waals surface area (Å²) in [4.78, 5) is 14.3. The molecule has 0 aliphatic carbocycles. The van der Waals surface area contributed by atoms with Crippen molar-refractivity contribution in [3.8, 4) is 0 Å². The fraction of sp³-hybridized carbons (Fsp3) is 0.765. The lowest BCUT2D eigenvalue weighted by Gasteiger charge is -2.37. The number of morpholine rings is 1. The van der Waals surface area contributed by atoms with E-state index < -0.39 is 0 Å². The molecule has 0 unspecified atom stereocenters. The number of aryl methyl sites for hydroxylation is 2. The summed E-state index contributed by atoms with van der Waals surface area (Å²) in [6.07, 6.45) is 1.73. The molecule has 2 heterocycles. The Morgan fingerprint density at radius 3 is 2.88 bits per heavy atom. The average Bonchev–Trinajstić information content (AvgIpc) is 2.88. The third-order valence-electron chi connectivity index (χ3n) is 4.61. The largest absolute Gasteiger partial charge is 0.379 e. The van der Waals surface area contributed by atoms with Crippen LogP contribution in [0, 0.1) is 13.8 Å². The van der Waals surface area contributed by atoms with Crippen LogP contribution in [0.5, 0.6) is 0 Å². The van der Waals surface area contributed by atoms with Crippen LogP contribution in [0.1, 0.15) is 37.3 Å². The van der Waals surface area contributed by atoms with E-state index in [9.17, 15) is 4.79 Å². The number of urea groups is 1. The highest BCUT2D eigenvalue weighted by Gasteiger charge is 2.23. The summed E-state index contributed by atoms with van der Waals surface area (Å²) in [5.74, 6) is 0.866. The zero-order valence-corrected chi connectivity index (χ0v) is 15.2. The topological polar surface area (TPSA) is 79.6 Å². The maximum atomic E-state index is 11.9. The first kappa shape index (κ1) is 18.7. The molecular weight excluding hydrogens is 308 g/mol. The standard InChI is InChI=1S/C17H30N4O3/c1-12(21-8-9-23-11-13(21)2)10-19-17(22)18-7-5-6-16-14(3)20-24-15(16)4/h12-13H,5-11H2,1-4H3,(H2,18,19,22)/t12-,13-/m1/s1. The fourth-order valence-corrected chi connectivity index (χ4v) is 3.14. The quantitative estimate of drug-likeness (QED) is 0.739. The van der Waals surface area contributed by atoms with Crippen LogP contribution in [-0.4, -0.2) is 61.0 Å². The molecular formula is C17H30N4O3. The Morgan fingerprint density at radius 2 is 2.21 bits per heavy atom. The molecule has 0 bridgehead atoms. The normalized spacial score (nSPS) is 19.9. The highest BCUT2D eigenvalue weighted by molar-refractivity contribution is 5.73. The monoisotopic (exact) mass is 338 g/mol. The van der Waals surface area contributed by atoms with Gasteiger partial charge < -0.3 is 19.9 Å². The minimum atomic E-state index is -0.110. The van der Waals surface area contributed by atoms with Gasteiger partial charge in [-0.25, -0.2) is 4.79 Å². The smallest absolute Gasteiger partial charge is 0.314 e. The summed E-state index contributed by atoms with van der Waals surface area (Å²) in [6.45, 7) is 11.9. The Balaban J connectivity index is 1.61. The van der Waals surface area contributed by atoms with Gasteiger partial charge in [0.15, 0.2) is 0 Å². The molecule has 0 saturated carbocycles. The second kappa shape index (κ2) is 9.03. The van der Waals surface area contributed by atoms with Crippen molar-refractivity contribution >= 4 is 6.03 Å². The molecule has 0 radical (unpaired) electrons. The lowest BCUT2D eigenvalue weighted by molar-refractivity contribution is -0.0176. The molecule has 1 aromatic heterocycles. The second-order valence-electron chi connectivity index (χ2n) is 6.55. The van der Waals surface area contributed by atoms with Crippen LogP contribution >= 0.6 is 0 Å². The van der Waals surface area contributed by atoms with Gasteiger partial charge in [-0.2, -0.15) is 0 Å². The van der Waals surface area contributed by atoms with Gasteiger partial charge in [0, 0.05) is 37.3 Å². The molecule has 1 fully saturated rings. The molecule has 1 saturated heterocycles. The zero-order chi connectivity index (χ0) is 17.5. The van der Waals surface area contributed by atoms with Gasteiger partial charge in [-0.3, -0.25) is 4.90 Å². The van der Waals surface area contributed by atoms with Crippen molar-refractivity contribution in [1.29, 1.82) is 0 Å². The Morgan fingerprint density at radius 1 is 1.42 bits per heavy atom. The Kier molecular flexibility index (Phi) is 7.05. The van der Waals surface area contributed by atoms with Crippen molar-refractivity contribution in [2.75, 3.05) is 32.8 Å². The van der Waals surface area contributed by atoms with Crippen LogP contribution in [0.15, 0.2) is 4.52 Å². The first-order chi connectivity index (χ1) is 11.5. The number of carbonyl (C=O) groups is 1. The molecule has 24 heavy (non-hydrogen) atoms. The molecule has 1 aromatic rings. The second-order valence-corrected chi connectivity index (χ2v) is 6.55. The lowest BCUT2D eigenvalue weighted by atomic mass is 10.1. The van der Waals surface area contributed by atoms with E-state index in [1.165, 1.54) is 0 Å². The first-order valence-corrected chi connectivity index (χ1v) is 8.76. The average molecular weight is 338 g/mol. The highest BCUT2D eigenvalue weighted by atomic mass is 16.5. The van der Waals surface area contributed by atoms with E-state index in [1.54, 1.807) is 0 Å². The van der Waals surface area contributed by atoms with Crippen molar-refractivity contribution in [2.45, 2.75) is 52.6 Å². The molecule has 2 rings (SSSR count). The van der Waals surface area contributed by atoms with Gasteiger partial charge in [0.05, 0.1) is 18.9 Å². The molecule has 1 aliphatic rings. The molecule has 136 valence electrons. The van der Waals surface area contributed by atoms with E-state index in [0.29, 0.717) is 25.2 Å². The van der Waals surface area contributed by atoms with Gasteiger partial charge in [0.25, 0.3) is 0 Å². The van der Waals surface area contributed by atoms with Gasteiger partial charge in [-0.05, 0) is 40.5 Å². The lowest BCUT2D eigenvalue weighted by Crippen LogP contribution is -2.52. The van der Waals surface area contributed by atoms with Gasteiger partial charge in [0.2, 0.25) is 0 Å². The Hall–Kier alpha value is -1.60. The van der Waals surface area contributed by atoms with Crippen LogP contribution in [-0.2, 0) is 11.2 Å². The summed E-state index contributed by atoms with van der Waals surface area (Å²) >= 11 is 0. The molecule has 1 aliphatic heterocycles. The Labute approximate surface area is 144 Å². The third-order valence-corrected chi connectivity index (χ3v) is 4.61. The van der Waals surface area contributed by atoms with Crippen LogP contribution in [0.25, 0.3) is 0 Å². The van der Waals surface area contributed by atoms with Crippen LogP contribution in [0.3, 0.4) is 0 Å². The SMILES string of the molecule is Cc1noc(C)c1CCCNC(=O)NC[C@@H](C)N1CCOC[C@H]1C. The first-order valence-electron chi connectivity index (χ1n) is 8.76. The van der Waals surface area contributed by atoms with Crippen molar-refractivity contribution in [2.24, 2.45) is 0 Å². The molecule has 2 amide bonds. The predicted octanol–water partition coefficient (Wildman–Crippen LogP) is 1.63. The minimum absolute atomic E-state index is 0.110. The summed E-state index contributed by atoms with van der Waals surface area (Å²) in [7, 11) is 0. The Bertz CT molecular complexity index is 512. The van der Waals surface area contributed by atoms with E-state index in [1.807, 2.05) is 13.8 Å². The summed E-state index contributed by atoms with van der Waals surface area (Å²) in [5.41, 5.74) is 2.08. The fourth-order valence-electron chi connectivity index (χ4n) is 3.14. The van der Waals surface area contributed by atoms with E-state index in [0.717, 1.165) is 49.6 Å². The minimum Gasteiger partial charge on any atom is -0.379 e. The molecule has 7 nitrogen and oxygen atoms in total. The van der Waals surface area contributed by atoms with E-state index in [4.69, 9.17) is 9.26 Å². The number of ether oxygens (including phenoxy) is 1. The highest BCUT2D eigenvalue weighted by Crippen LogP contribution is 2.13. The molecule has 0 spiro atoms. The van der Waals surface area contributed by atoms with Gasteiger partial charge >= 0.3 is 6.03 Å². The van der Waals surface area contributed by atoms with Gasteiger partial charge in [-0.1, -0.05) is 5.16 Å². The van der Waals surface area contributed by atoms with Crippen LogP contribution in [0.2, 0.25) is 0 Å². The van der Waals surface area contributed by atoms with Crippen LogP contribution in [0.4, 0.5) is 4.79 Å². The maximum absolute atomic E-state index is 11.9. The number of nitrogens with zero attached hydrogens (tertiary/aromatic N) is 2. The third kappa shape index (κ3) is 5.21. The molecule has 2 N–H and O–H groups in total. The van der Waals surface area contributed by atoms with Crippen molar-refractivity contribution < 1.29 is 14.1 Å². The van der Waals surface area contributed by atoms with E-state index in [-0.39, 0.29) is 6.03 Å². The van der Waals surface area contributed by atoms with E-state index >= 15 is 0 Å². The van der Waals surface area contributed by atoms with E-state index in [2.05, 4.69) is 34.5 Å². The maximum Gasteiger partial charge on any atom is 0.314 e. The number of rotatable bonds is 7. The zero-order valence-electron chi connectivity index (χ0n) is 15.2. The number of amides is 2. The van der Waals surface area contributed by atoms with Gasteiger partial charge in [-0.15, -0.1) is 0 Å². The van der Waals surface area contributed by atoms with Crippen LogP contribution < -0.4 is 10.6 Å². The van der Waals surface area contributed by atoms with Crippen molar-refractivity contribution in [1.82, 2.24) is 20.7 Å². The molecule has 7 heteroatoms. The summed E-state index contributed by atoms with van der Waals surface area (Å²) < 4.78 is 10.6. The number of hydrogen-bond donors (Lipinski definition) is 2.